The quantitative estimate of drug-likeness (QED) is 0.804. The molecule has 2 amide bonds. The molecule has 1 aliphatic carbocycles. The zero-order valence-electron chi connectivity index (χ0n) is 15.0. The normalized spacial score (nSPS) is 15.5. The predicted molar refractivity (Wildman–Crippen MR) is 100 cm³/mol. The maximum Gasteiger partial charge on any atom is 0.268 e. The lowest BCUT2D eigenvalue weighted by atomic mass is 9.95. The Labute approximate surface area is 153 Å². The molecule has 2 aromatic rings. The van der Waals surface area contributed by atoms with Gasteiger partial charge in [-0.2, -0.15) is 0 Å². The molecule has 136 valence electrons. The van der Waals surface area contributed by atoms with Gasteiger partial charge in [-0.1, -0.05) is 37.5 Å². The van der Waals surface area contributed by atoms with Crippen LogP contribution in [0.15, 0.2) is 52.6 Å². The lowest BCUT2D eigenvalue weighted by Crippen LogP contribution is -2.41. The van der Waals surface area contributed by atoms with Crippen LogP contribution in [0.3, 0.4) is 0 Å². The van der Waals surface area contributed by atoms with Gasteiger partial charge >= 0.3 is 0 Å². The van der Waals surface area contributed by atoms with Crippen molar-refractivity contribution in [2.24, 2.45) is 0 Å². The van der Waals surface area contributed by atoms with Crippen molar-refractivity contribution in [2.75, 3.05) is 0 Å². The average molecular weight is 352 g/mol. The fourth-order valence-electron chi connectivity index (χ4n) is 3.13. The van der Waals surface area contributed by atoms with E-state index in [0.29, 0.717) is 11.3 Å². The molecule has 0 unspecified atom stereocenters. The van der Waals surface area contributed by atoms with E-state index in [1.807, 2.05) is 19.1 Å². The Bertz CT molecular complexity index is 787. The highest BCUT2D eigenvalue weighted by atomic mass is 16.3. The van der Waals surface area contributed by atoms with Crippen LogP contribution in [0.4, 0.5) is 0 Å². The number of nitrogens with one attached hydrogen (secondary N) is 2. The van der Waals surface area contributed by atoms with Gasteiger partial charge in [0, 0.05) is 17.7 Å². The highest BCUT2D eigenvalue weighted by Crippen LogP contribution is 2.18. The molecule has 5 nitrogen and oxygen atoms in total. The minimum Gasteiger partial charge on any atom is -0.462 e. The van der Waals surface area contributed by atoms with Gasteiger partial charge in [0.1, 0.15) is 17.2 Å². The lowest BCUT2D eigenvalue weighted by molar-refractivity contribution is -0.118. The predicted octanol–water partition coefficient (Wildman–Crippen LogP) is 3.81. The smallest absolute Gasteiger partial charge is 0.268 e. The molecule has 1 aromatic heterocycles. The number of carbonyl (C=O) groups excluding carboxylic acids is 2. The Hall–Kier alpha value is -2.82. The first-order chi connectivity index (χ1) is 12.6. The summed E-state index contributed by atoms with van der Waals surface area (Å²) in [5.74, 6) is 0.677. The molecule has 2 N–H and O–H groups in total. The van der Waals surface area contributed by atoms with E-state index < -0.39 is 0 Å². The Morgan fingerprint density at radius 2 is 1.77 bits per heavy atom. The van der Waals surface area contributed by atoms with Crippen LogP contribution in [-0.4, -0.2) is 17.9 Å². The number of hydrogen-bond acceptors (Lipinski definition) is 3. The first-order valence-electron chi connectivity index (χ1n) is 9.07. The van der Waals surface area contributed by atoms with E-state index in [9.17, 15) is 9.59 Å². The second-order valence-electron chi connectivity index (χ2n) is 6.63. The van der Waals surface area contributed by atoms with Gasteiger partial charge in [-0.3, -0.25) is 9.59 Å². The molecule has 1 aromatic carbocycles. The monoisotopic (exact) mass is 352 g/mol. The van der Waals surface area contributed by atoms with Crippen molar-refractivity contribution in [2.45, 2.75) is 45.1 Å². The average Bonchev–Trinajstić information content (AvgIpc) is 3.07. The Morgan fingerprint density at radius 1 is 1.04 bits per heavy atom. The summed E-state index contributed by atoms with van der Waals surface area (Å²) in [6.45, 7) is 1.83. The van der Waals surface area contributed by atoms with Crippen molar-refractivity contribution in [1.82, 2.24) is 10.6 Å². The van der Waals surface area contributed by atoms with E-state index in [1.54, 1.807) is 36.4 Å². The molecule has 0 spiro atoms. The minimum absolute atomic E-state index is 0.159. The first-order valence-corrected chi connectivity index (χ1v) is 9.07. The summed E-state index contributed by atoms with van der Waals surface area (Å²) in [5, 5.41) is 5.77. The summed E-state index contributed by atoms with van der Waals surface area (Å²) < 4.78 is 5.53. The number of carbonyl (C=O) groups is 2. The molecule has 5 heteroatoms. The maximum absolute atomic E-state index is 12.8. The van der Waals surface area contributed by atoms with Gasteiger partial charge in [-0.05, 0) is 44.0 Å². The van der Waals surface area contributed by atoms with E-state index in [2.05, 4.69) is 10.6 Å². The fraction of sp³-hybridized carbons (Fsp3) is 0.333. The van der Waals surface area contributed by atoms with Crippen LogP contribution in [0.25, 0.3) is 6.08 Å². The largest absolute Gasteiger partial charge is 0.462 e. The van der Waals surface area contributed by atoms with Gasteiger partial charge in [0.2, 0.25) is 0 Å². The van der Waals surface area contributed by atoms with Gasteiger partial charge < -0.3 is 15.1 Å². The molecule has 26 heavy (non-hydrogen) atoms. The molecule has 0 bridgehead atoms. The third kappa shape index (κ3) is 4.85. The SMILES string of the molecule is Cc1ccc(/C=C(\NC(=O)c2ccccc2)C(=O)NC2CCCCC2)o1. The molecule has 0 saturated heterocycles. The molecule has 1 fully saturated rings. The van der Waals surface area contributed by atoms with Gasteiger partial charge in [0.25, 0.3) is 11.8 Å². The van der Waals surface area contributed by atoms with E-state index in [0.717, 1.165) is 31.4 Å². The van der Waals surface area contributed by atoms with Crippen molar-refractivity contribution in [1.29, 1.82) is 0 Å². The van der Waals surface area contributed by atoms with Crippen LogP contribution >= 0.6 is 0 Å². The van der Waals surface area contributed by atoms with E-state index in [-0.39, 0.29) is 23.6 Å². The Balaban J connectivity index is 1.78. The van der Waals surface area contributed by atoms with Crippen molar-refractivity contribution in [3.63, 3.8) is 0 Å². The third-order valence-electron chi connectivity index (χ3n) is 4.52. The topological polar surface area (TPSA) is 71.3 Å². The molecule has 1 saturated carbocycles. The number of furan rings is 1. The first kappa shape index (κ1) is 18.0. The maximum atomic E-state index is 12.8. The van der Waals surface area contributed by atoms with E-state index in [1.165, 1.54) is 6.42 Å². The van der Waals surface area contributed by atoms with Crippen molar-refractivity contribution in [3.05, 3.63) is 65.2 Å². The number of amides is 2. The van der Waals surface area contributed by atoms with Crippen LogP contribution in [0.1, 0.15) is 54.0 Å². The van der Waals surface area contributed by atoms with Crippen LogP contribution in [0, 0.1) is 6.92 Å². The lowest BCUT2D eigenvalue weighted by Gasteiger charge is -2.23. The van der Waals surface area contributed by atoms with E-state index in [4.69, 9.17) is 4.42 Å². The van der Waals surface area contributed by atoms with Gasteiger partial charge in [-0.25, -0.2) is 0 Å². The summed E-state index contributed by atoms with van der Waals surface area (Å²) in [6.07, 6.45) is 6.99. The van der Waals surface area contributed by atoms with E-state index >= 15 is 0 Å². The summed E-state index contributed by atoms with van der Waals surface area (Å²) in [4.78, 5) is 25.2. The fourth-order valence-corrected chi connectivity index (χ4v) is 3.13. The van der Waals surface area contributed by atoms with Gasteiger partial charge in [0.15, 0.2) is 0 Å². The zero-order chi connectivity index (χ0) is 18.4. The Kier molecular flexibility index (Phi) is 5.89. The van der Waals surface area contributed by atoms with Crippen molar-refractivity contribution < 1.29 is 14.0 Å². The van der Waals surface area contributed by atoms with Crippen molar-refractivity contribution in [3.8, 4) is 0 Å². The molecule has 0 radical (unpaired) electrons. The number of rotatable bonds is 5. The zero-order valence-corrected chi connectivity index (χ0v) is 15.0. The molecular weight excluding hydrogens is 328 g/mol. The number of hydrogen-bond donors (Lipinski definition) is 2. The Morgan fingerprint density at radius 3 is 2.42 bits per heavy atom. The number of benzene rings is 1. The van der Waals surface area contributed by atoms with Gasteiger partial charge in [-0.15, -0.1) is 0 Å². The molecule has 1 aliphatic rings. The third-order valence-corrected chi connectivity index (χ3v) is 4.52. The van der Waals surface area contributed by atoms with Crippen LogP contribution < -0.4 is 10.6 Å². The highest BCUT2D eigenvalue weighted by molar-refractivity contribution is 6.05. The standard InChI is InChI=1S/C21H24N2O3/c1-15-12-13-18(26-15)14-19(21(25)22-17-10-6-3-7-11-17)23-20(24)16-8-4-2-5-9-16/h2,4-5,8-9,12-14,17H,3,6-7,10-11H2,1H3,(H,22,25)(H,23,24)/b19-14-. The highest BCUT2D eigenvalue weighted by Gasteiger charge is 2.20. The summed E-state index contributed by atoms with van der Waals surface area (Å²) in [7, 11) is 0. The van der Waals surface area contributed by atoms with Crippen LogP contribution in [0.2, 0.25) is 0 Å². The molecular formula is C21H24N2O3. The molecule has 0 atom stereocenters. The minimum atomic E-state index is -0.320. The van der Waals surface area contributed by atoms with Gasteiger partial charge in [0.05, 0.1) is 0 Å². The summed E-state index contributed by atoms with van der Waals surface area (Å²) in [5.41, 5.74) is 0.693. The molecule has 0 aliphatic heterocycles. The second kappa shape index (κ2) is 8.52. The van der Waals surface area contributed by atoms with Crippen molar-refractivity contribution >= 4 is 17.9 Å². The summed E-state index contributed by atoms with van der Waals surface area (Å²) in [6, 6.07) is 12.6. The van der Waals surface area contributed by atoms with Crippen LogP contribution in [0.5, 0.6) is 0 Å². The number of aryl methyl sites for hydroxylation is 1. The summed E-state index contributed by atoms with van der Waals surface area (Å²) >= 11 is 0. The van der Waals surface area contributed by atoms with Crippen LogP contribution in [-0.2, 0) is 4.79 Å². The molecule has 3 rings (SSSR count). The molecule has 1 heterocycles. The second-order valence-corrected chi connectivity index (χ2v) is 6.63.